The van der Waals surface area contributed by atoms with Gasteiger partial charge in [-0.3, -0.25) is 0 Å². The maximum Gasteiger partial charge on any atom is 0.223 e. The lowest BCUT2D eigenvalue weighted by Crippen LogP contribution is -2.31. The molecule has 0 aliphatic rings. The molecule has 90 valence electrons. The summed E-state index contributed by atoms with van der Waals surface area (Å²) in [5.74, 6) is 1.76. The van der Waals surface area contributed by atoms with E-state index in [4.69, 9.17) is 5.73 Å². The van der Waals surface area contributed by atoms with Gasteiger partial charge in [0.2, 0.25) is 5.95 Å². The molecule has 16 heavy (non-hydrogen) atoms. The highest BCUT2D eigenvalue weighted by Gasteiger charge is 2.17. The highest BCUT2D eigenvalue weighted by Crippen LogP contribution is 2.20. The van der Waals surface area contributed by atoms with Crippen molar-refractivity contribution in [2.45, 2.75) is 39.2 Å². The molecule has 1 rings (SSSR count). The van der Waals surface area contributed by atoms with E-state index in [0.29, 0.717) is 0 Å². The first-order valence-electron chi connectivity index (χ1n) is 5.57. The summed E-state index contributed by atoms with van der Waals surface area (Å²) in [6.07, 6.45) is 2.20. The maximum atomic E-state index is 5.63. The predicted molar refractivity (Wildman–Crippen MR) is 68.6 cm³/mol. The Balaban J connectivity index is 2.84. The zero-order valence-corrected chi connectivity index (χ0v) is 10.5. The number of hydrogen-bond acceptors (Lipinski definition) is 5. The van der Waals surface area contributed by atoms with Gasteiger partial charge in [0.15, 0.2) is 0 Å². The molecule has 5 nitrogen and oxygen atoms in total. The van der Waals surface area contributed by atoms with Gasteiger partial charge in [0.1, 0.15) is 11.6 Å². The second-order valence-electron chi connectivity index (χ2n) is 4.51. The van der Waals surface area contributed by atoms with Crippen molar-refractivity contribution in [2.75, 3.05) is 23.4 Å². The van der Waals surface area contributed by atoms with Crippen molar-refractivity contribution in [3.63, 3.8) is 0 Å². The van der Waals surface area contributed by atoms with E-state index < -0.39 is 0 Å². The van der Waals surface area contributed by atoms with Gasteiger partial charge in [-0.05, 0) is 20.3 Å². The van der Waals surface area contributed by atoms with Gasteiger partial charge in [-0.25, -0.2) is 0 Å². The monoisotopic (exact) mass is 223 g/mol. The van der Waals surface area contributed by atoms with E-state index >= 15 is 0 Å². The third kappa shape index (κ3) is 3.56. The second kappa shape index (κ2) is 5.01. The van der Waals surface area contributed by atoms with Gasteiger partial charge < -0.3 is 16.4 Å². The van der Waals surface area contributed by atoms with Crippen LogP contribution >= 0.6 is 0 Å². The molecule has 1 heterocycles. The van der Waals surface area contributed by atoms with Crippen LogP contribution in [-0.4, -0.2) is 22.6 Å². The molecule has 5 heteroatoms. The fraction of sp³-hybridized carbons (Fsp3) is 0.636. The Morgan fingerprint density at radius 2 is 1.94 bits per heavy atom. The van der Waals surface area contributed by atoms with Crippen LogP contribution in [0.1, 0.15) is 33.6 Å². The van der Waals surface area contributed by atoms with Gasteiger partial charge in [0.25, 0.3) is 0 Å². The molecule has 0 spiro atoms. The van der Waals surface area contributed by atoms with Crippen LogP contribution in [0.15, 0.2) is 6.07 Å². The second-order valence-corrected chi connectivity index (χ2v) is 4.51. The van der Waals surface area contributed by atoms with Crippen molar-refractivity contribution in [2.24, 2.45) is 0 Å². The number of nitrogens with one attached hydrogen (secondary N) is 2. The summed E-state index contributed by atoms with van der Waals surface area (Å²) in [6.45, 7) is 6.46. The van der Waals surface area contributed by atoms with Crippen LogP contribution in [0, 0.1) is 0 Å². The zero-order valence-electron chi connectivity index (χ0n) is 10.5. The largest absolute Gasteiger partial charge is 0.373 e. The van der Waals surface area contributed by atoms with Gasteiger partial charge in [0.05, 0.1) is 0 Å². The highest BCUT2D eigenvalue weighted by molar-refractivity contribution is 5.51. The van der Waals surface area contributed by atoms with Crippen LogP contribution in [0.3, 0.4) is 0 Å². The zero-order chi connectivity index (χ0) is 12.2. The van der Waals surface area contributed by atoms with E-state index in [1.807, 2.05) is 13.1 Å². The summed E-state index contributed by atoms with van der Waals surface area (Å²) < 4.78 is 0. The Morgan fingerprint density at radius 3 is 2.50 bits per heavy atom. The average Bonchev–Trinajstić information content (AvgIpc) is 2.15. The third-order valence-corrected chi connectivity index (χ3v) is 2.34. The van der Waals surface area contributed by atoms with Gasteiger partial charge in [-0.1, -0.05) is 13.3 Å². The van der Waals surface area contributed by atoms with Gasteiger partial charge in [-0.15, -0.1) is 0 Å². The highest BCUT2D eigenvalue weighted by atomic mass is 15.1. The van der Waals surface area contributed by atoms with Crippen molar-refractivity contribution in [3.8, 4) is 0 Å². The smallest absolute Gasteiger partial charge is 0.223 e. The normalized spacial score (nSPS) is 11.2. The molecule has 0 aliphatic heterocycles. The van der Waals surface area contributed by atoms with Crippen LogP contribution in [0.25, 0.3) is 0 Å². The van der Waals surface area contributed by atoms with E-state index in [0.717, 1.165) is 24.5 Å². The lowest BCUT2D eigenvalue weighted by molar-refractivity contribution is 0.509. The molecule has 0 radical (unpaired) electrons. The van der Waals surface area contributed by atoms with E-state index in [9.17, 15) is 0 Å². The lowest BCUT2D eigenvalue weighted by atomic mass is 9.99. The summed E-state index contributed by atoms with van der Waals surface area (Å²) in [4.78, 5) is 8.21. The summed E-state index contributed by atoms with van der Waals surface area (Å²) >= 11 is 0. The van der Waals surface area contributed by atoms with Crippen molar-refractivity contribution in [1.82, 2.24) is 9.97 Å². The summed E-state index contributed by atoms with van der Waals surface area (Å²) in [6, 6.07) is 1.85. The Hall–Kier alpha value is -1.52. The fourth-order valence-corrected chi connectivity index (χ4v) is 1.69. The first-order valence-corrected chi connectivity index (χ1v) is 5.57. The Labute approximate surface area is 96.9 Å². The van der Waals surface area contributed by atoms with Crippen molar-refractivity contribution in [3.05, 3.63) is 6.07 Å². The molecular formula is C11H21N5. The standard InChI is InChI=1S/C11H21N5/c1-5-6-11(2,3)16-9-7-8(13-4)14-10(12)15-9/h7H,5-6H2,1-4H3,(H4,12,13,14,15,16). The molecular weight excluding hydrogens is 202 g/mol. The number of nitrogens with two attached hydrogens (primary N) is 1. The molecule has 1 aromatic heterocycles. The molecule has 0 fully saturated rings. The number of nitrogen functional groups attached to an aromatic ring is 1. The molecule has 0 amide bonds. The minimum absolute atomic E-state index is 0.0144. The number of anilines is 3. The fourth-order valence-electron chi connectivity index (χ4n) is 1.69. The Morgan fingerprint density at radius 1 is 1.31 bits per heavy atom. The maximum absolute atomic E-state index is 5.63. The van der Waals surface area contributed by atoms with Gasteiger partial charge in [0, 0.05) is 18.7 Å². The molecule has 4 N–H and O–H groups in total. The van der Waals surface area contributed by atoms with Gasteiger partial charge in [-0.2, -0.15) is 9.97 Å². The number of rotatable bonds is 5. The summed E-state index contributed by atoms with van der Waals surface area (Å²) in [5, 5.41) is 6.32. The summed E-state index contributed by atoms with van der Waals surface area (Å²) in [5.41, 5.74) is 5.64. The third-order valence-electron chi connectivity index (χ3n) is 2.34. The quantitative estimate of drug-likeness (QED) is 0.712. The molecule has 0 atom stereocenters. The van der Waals surface area contributed by atoms with Crippen molar-refractivity contribution >= 4 is 17.6 Å². The van der Waals surface area contributed by atoms with Crippen molar-refractivity contribution < 1.29 is 0 Å². The van der Waals surface area contributed by atoms with E-state index in [2.05, 4.69) is 41.4 Å². The molecule has 0 aliphatic carbocycles. The van der Waals surface area contributed by atoms with Crippen LogP contribution in [0.4, 0.5) is 17.6 Å². The molecule has 0 unspecified atom stereocenters. The van der Waals surface area contributed by atoms with Crippen LogP contribution < -0.4 is 16.4 Å². The van der Waals surface area contributed by atoms with Gasteiger partial charge >= 0.3 is 0 Å². The molecule has 0 aromatic carbocycles. The average molecular weight is 223 g/mol. The first-order chi connectivity index (χ1) is 7.46. The first kappa shape index (κ1) is 12.5. The number of hydrogen-bond donors (Lipinski definition) is 3. The topological polar surface area (TPSA) is 75.9 Å². The van der Waals surface area contributed by atoms with Crippen LogP contribution in [0.2, 0.25) is 0 Å². The Bertz CT molecular complexity index is 348. The minimum Gasteiger partial charge on any atom is -0.373 e. The van der Waals surface area contributed by atoms with E-state index in [-0.39, 0.29) is 11.5 Å². The minimum atomic E-state index is 0.0144. The van der Waals surface area contributed by atoms with Crippen molar-refractivity contribution in [1.29, 1.82) is 0 Å². The molecule has 0 bridgehead atoms. The predicted octanol–water partition coefficient (Wildman–Crippen LogP) is 2.09. The van der Waals surface area contributed by atoms with E-state index in [1.165, 1.54) is 0 Å². The lowest BCUT2D eigenvalue weighted by Gasteiger charge is -2.26. The van der Waals surface area contributed by atoms with Crippen LogP contribution in [0.5, 0.6) is 0 Å². The summed E-state index contributed by atoms with van der Waals surface area (Å²) in [7, 11) is 1.81. The number of nitrogens with zero attached hydrogens (tertiary/aromatic N) is 2. The SMILES string of the molecule is CCCC(C)(C)Nc1cc(NC)nc(N)n1. The molecule has 0 saturated heterocycles. The van der Waals surface area contributed by atoms with E-state index in [1.54, 1.807) is 0 Å². The number of aromatic nitrogens is 2. The molecule has 0 saturated carbocycles. The van der Waals surface area contributed by atoms with Crippen LogP contribution in [-0.2, 0) is 0 Å². The molecule has 1 aromatic rings. The Kier molecular flexibility index (Phi) is 3.93.